The number of amides is 1. The molecule has 2 unspecified atom stereocenters. The Balaban J connectivity index is 2.06. The van der Waals surface area contributed by atoms with Crippen LogP contribution in [0.25, 0.3) is 0 Å². The van der Waals surface area contributed by atoms with Crippen LogP contribution >= 0.6 is 0 Å². The Kier molecular flexibility index (Phi) is 5.81. The zero-order chi connectivity index (χ0) is 17.0. The number of rotatable bonds is 6. The van der Waals surface area contributed by atoms with Gasteiger partial charge in [0.15, 0.2) is 0 Å². The van der Waals surface area contributed by atoms with E-state index in [0.29, 0.717) is 19.4 Å². The lowest BCUT2D eigenvalue weighted by atomic mass is 10.1. The molecule has 0 aromatic heterocycles. The highest BCUT2D eigenvalue weighted by Crippen LogP contribution is 2.23. The fraction of sp³-hybridized carbons (Fsp3) is 0.588. The highest BCUT2D eigenvalue weighted by atomic mass is 32.2. The molecule has 2 atom stereocenters. The first-order valence-corrected chi connectivity index (χ1v) is 9.82. The van der Waals surface area contributed by atoms with E-state index in [1.165, 1.54) is 9.87 Å². The summed E-state index contributed by atoms with van der Waals surface area (Å²) in [6, 6.07) is 7.27. The van der Waals surface area contributed by atoms with Gasteiger partial charge in [0.2, 0.25) is 15.9 Å². The summed E-state index contributed by atoms with van der Waals surface area (Å²) in [6.07, 6.45) is 1.89. The molecule has 0 aliphatic carbocycles. The Morgan fingerprint density at radius 2 is 2.00 bits per heavy atom. The molecule has 1 N–H and O–H groups in total. The number of hydrogen-bond acceptors (Lipinski definition) is 3. The number of carbonyl (C=O) groups is 1. The van der Waals surface area contributed by atoms with E-state index in [2.05, 4.69) is 5.32 Å². The summed E-state index contributed by atoms with van der Waals surface area (Å²) in [5, 5.41) is 2.96. The molecule has 6 heteroatoms. The van der Waals surface area contributed by atoms with Crippen molar-refractivity contribution < 1.29 is 13.2 Å². The SMILES string of the molecule is CCCS(=O)(=O)N1CCCC1C(=O)NC(C)c1ccc(C)cc1. The highest BCUT2D eigenvalue weighted by molar-refractivity contribution is 7.89. The van der Waals surface area contributed by atoms with E-state index in [4.69, 9.17) is 0 Å². The number of nitrogens with one attached hydrogen (secondary N) is 1. The molecular weight excluding hydrogens is 312 g/mol. The molecule has 0 saturated carbocycles. The van der Waals surface area contributed by atoms with Gasteiger partial charge in [0.25, 0.3) is 0 Å². The summed E-state index contributed by atoms with van der Waals surface area (Å²) >= 11 is 0. The van der Waals surface area contributed by atoms with Gasteiger partial charge < -0.3 is 5.32 Å². The lowest BCUT2D eigenvalue weighted by Gasteiger charge is -2.25. The molecule has 1 aliphatic rings. The Bertz CT molecular complexity index is 640. The quantitative estimate of drug-likeness (QED) is 0.866. The van der Waals surface area contributed by atoms with Crippen molar-refractivity contribution in [2.45, 2.75) is 52.1 Å². The van der Waals surface area contributed by atoms with E-state index in [0.717, 1.165) is 12.0 Å². The minimum Gasteiger partial charge on any atom is -0.348 e. The van der Waals surface area contributed by atoms with Gasteiger partial charge >= 0.3 is 0 Å². The Hall–Kier alpha value is -1.40. The minimum atomic E-state index is -3.34. The highest BCUT2D eigenvalue weighted by Gasteiger charge is 2.38. The molecule has 0 spiro atoms. The van der Waals surface area contributed by atoms with Crippen LogP contribution in [0.3, 0.4) is 0 Å². The summed E-state index contributed by atoms with van der Waals surface area (Å²) in [5.74, 6) is -0.0974. The first-order chi connectivity index (χ1) is 10.8. The van der Waals surface area contributed by atoms with Crippen molar-refractivity contribution in [2.75, 3.05) is 12.3 Å². The van der Waals surface area contributed by atoms with Gasteiger partial charge in [0, 0.05) is 6.54 Å². The molecule has 128 valence electrons. The van der Waals surface area contributed by atoms with E-state index >= 15 is 0 Å². The van der Waals surface area contributed by atoms with Crippen LogP contribution in [0.5, 0.6) is 0 Å². The Labute approximate surface area is 139 Å². The average molecular weight is 338 g/mol. The summed E-state index contributed by atoms with van der Waals surface area (Å²) < 4.78 is 26.0. The standard InChI is InChI=1S/C17H26N2O3S/c1-4-12-23(21,22)19-11-5-6-16(19)17(20)18-14(3)15-9-7-13(2)8-10-15/h7-10,14,16H,4-6,11-12H2,1-3H3,(H,18,20). The number of aryl methyl sites for hydroxylation is 1. The Morgan fingerprint density at radius 1 is 1.35 bits per heavy atom. The first-order valence-electron chi connectivity index (χ1n) is 8.21. The van der Waals surface area contributed by atoms with Gasteiger partial charge in [-0.2, -0.15) is 4.31 Å². The average Bonchev–Trinajstić information content (AvgIpc) is 2.98. The van der Waals surface area contributed by atoms with Crippen molar-refractivity contribution in [3.63, 3.8) is 0 Å². The van der Waals surface area contributed by atoms with Crippen molar-refractivity contribution in [1.29, 1.82) is 0 Å². The van der Waals surface area contributed by atoms with Crippen LogP contribution in [0.1, 0.15) is 50.3 Å². The largest absolute Gasteiger partial charge is 0.348 e. The second-order valence-corrected chi connectivity index (χ2v) is 8.27. The molecule has 0 bridgehead atoms. The minimum absolute atomic E-state index is 0.101. The summed E-state index contributed by atoms with van der Waals surface area (Å²) in [5.41, 5.74) is 2.19. The summed E-state index contributed by atoms with van der Waals surface area (Å²) in [7, 11) is -3.34. The fourth-order valence-electron chi connectivity index (χ4n) is 2.96. The third kappa shape index (κ3) is 4.32. The maximum atomic E-state index is 12.5. The number of benzene rings is 1. The van der Waals surface area contributed by atoms with Gasteiger partial charge in [0.05, 0.1) is 11.8 Å². The van der Waals surface area contributed by atoms with Crippen LogP contribution in [-0.4, -0.2) is 37.0 Å². The first kappa shape index (κ1) is 17.9. The third-order valence-electron chi connectivity index (χ3n) is 4.26. The van der Waals surface area contributed by atoms with Gasteiger partial charge in [0.1, 0.15) is 6.04 Å². The predicted molar refractivity (Wildman–Crippen MR) is 91.5 cm³/mol. The van der Waals surface area contributed by atoms with Gasteiger partial charge in [-0.1, -0.05) is 36.8 Å². The van der Waals surface area contributed by atoms with Crippen molar-refractivity contribution >= 4 is 15.9 Å². The van der Waals surface area contributed by atoms with Crippen molar-refractivity contribution in [3.8, 4) is 0 Å². The Morgan fingerprint density at radius 3 is 2.61 bits per heavy atom. The molecule has 2 rings (SSSR count). The predicted octanol–water partition coefficient (Wildman–Crippen LogP) is 2.38. The van der Waals surface area contributed by atoms with Gasteiger partial charge in [-0.15, -0.1) is 0 Å². The van der Waals surface area contributed by atoms with Crippen molar-refractivity contribution in [2.24, 2.45) is 0 Å². The van der Waals surface area contributed by atoms with E-state index in [1.807, 2.05) is 45.0 Å². The van der Waals surface area contributed by atoms with E-state index in [9.17, 15) is 13.2 Å². The van der Waals surface area contributed by atoms with Crippen molar-refractivity contribution in [3.05, 3.63) is 35.4 Å². The van der Waals surface area contributed by atoms with E-state index in [1.54, 1.807) is 0 Å². The van der Waals surface area contributed by atoms with Crippen molar-refractivity contribution in [1.82, 2.24) is 9.62 Å². The third-order valence-corrected chi connectivity index (χ3v) is 6.34. The number of sulfonamides is 1. The van der Waals surface area contributed by atoms with Crippen LogP contribution in [0, 0.1) is 6.92 Å². The molecule has 1 aliphatic heterocycles. The van der Waals surface area contributed by atoms with Crippen LogP contribution in [-0.2, 0) is 14.8 Å². The molecular formula is C17H26N2O3S. The summed E-state index contributed by atoms with van der Waals surface area (Å²) in [4.78, 5) is 12.5. The number of nitrogens with zero attached hydrogens (tertiary/aromatic N) is 1. The topological polar surface area (TPSA) is 66.5 Å². The molecule has 5 nitrogen and oxygen atoms in total. The van der Waals surface area contributed by atoms with Crippen LogP contribution < -0.4 is 5.32 Å². The number of hydrogen-bond donors (Lipinski definition) is 1. The maximum Gasteiger partial charge on any atom is 0.238 e. The zero-order valence-corrected chi connectivity index (χ0v) is 14.9. The van der Waals surface area contributed by atoms with Crippen LogP contribution in [0.2, 0.25) is 0 Å². The van der Waals surface area contributed by atoms with Crippen LogP contribution in [0.15, 0.2) is 24.3 Å². The van der Waals surface area contributed by atoms with Gasteiger partial charge in [-0.25, -0.2) is 8.42 Å². The maximum absolute atomic E-state index is 12.5. The zero-order valence-electron chi connectivity index (χ0n) is 14.1. The normalized spacial score (nSPS) is 20.4. The molecule has 1 heterocycles. The number of carbonyl (C=O) groups excluding carboxylic acids is 1. The lowest BCUT2D eigenvalue weighted by molar-refractivity contribution is -0.124. The molecule has 1 fully saturated rings. The fourth-order valence-corrected chi connectivity index (χ4v) is 4.70. The van der Waals surface area contributed by atoms with Gasteiger partial charge in [-0.3, -0.25) is 4.79 Å². The van der Waals surface area contributed by atoms with Gasteiger partial charge in [-0.05, 0) is 38.7 Å². The second kappa shape index (κ2) is 7.45. The summed E-state index contributed by atoms with van der Waals surface area (Å²) in [6.45, 7) is 6.21. The van der Waals surface area contributed by atoms with E-state index < -0.39 is 16.1 Å². The molecule has 1 amide bonds. The molecule has 1 aromatic rings. The smallest absolute Gasteiger partial charge is 0.238 e. The molecule has 1 aromatic carbocycles. The molecule has 23 heavy (non-hydrogen) atoms. The van der Waals surface area contributed by atoms with E-state index in [-0.39, 0.29) is 17.7 Å². The van der Waals surface area contributed by atoms with Crippen LogP contribution in [0.4, 0.5) is 0 Å². The monoisotopic (exact) mass is 338 g/mol. The molecule has 0 radical (unpaired) electrons. The molecule has 1 saturated heterocycles. The lowest BCUT2D eigenvalue weighted by Crippen LogP contribution is -2.47. The second-order valence-electron chi connectivity index (χ2n) is 6.23.